The van der Waals surface area contributed by atoms with E-state index in [1.807, 2.05) is 0 Å². The number of methoxy groups -OCH3 is 1. The van der Waals surface area contributed by atoms with Crippen molar-refractivity contribution in [2.45, 2.75) is 6.04 Å². The molecule has 2 amide bonds. The second-order valence-electron chi connectivity index (χ2n) is 4.88. The van der Waals surface area contributed by atoms with Crippen LogP contribution in [0.2, 0.25) is 10.0 Å². The van der Waals surface area contributed by atoms with E-state index in [-0.39, 0.29) is 21.4 Å². The van der Waals surface area contributed by atoms with E-state index < -0.39 is 29.7 Å². The number of ether oxygens (including phenoxy) is 1. The van der Waals surface area contributed by atoms with Gasteiger partial charge in [0.1, 0.15) is 5.92 Å². The van der Waals surface area contributed by atoms with E-state index in [1.54, 1.807) is 6.07 Å². The van der Waals surface area contributed by atoms with Crippen LogP contribution in [0.3, 0.4) is 0 Å². The molecule has 0 aliphatic carbocycles. The van der Waals surface area contributed by atoms with Crippen LogP contribution in [0.15, 0.2) is 28.6 Å². The van der Waals surface area contributed by atoms with Crippen molar-refractivity contribution in [2.75, 3.05) is 12.0 Å². The zero-order chi connectivity index (χ0) is 17.6. The minimum atomic E-state index is -1.38. The van der Waals surface area contributed by atoms with Crippen molar-refractivity contribution in [3.05, 3.63) is 33.2 Å². The standard InChI is InChI=1S/C13H8Cl2N4O5/c1-24-13(22)8-7-10(19(16-8)17-23)12(21)18(11(7)20)9-5(14)3-2-4-6(9)15/h2-4,7,10H,1H3. The van der Waals surface area contributed by atoms with Gasteiger partial charge < -0.3 is 4.74 Å². The van der Waals surface area contributed by atoms with Crippen molar-refractivity contribution in [3.8, 4) is 0 Å². The Labute approximate surface area is 144 Å². The maximum absolute atomic E-state index is 12.7. The van der Waals surface area contributed by atoms with Gasteiger partial charge in [-0.1, -0.05) is 29.3 Å². The molecule has 124 valence electrons. The zero-order valence-corrected chi connectivity index (χ0v) is 13.5. The van der Waals surface area contributed by atoms with Crippen molar-refractivity contribution in [1.29, 1.82) is 0 Å². The quantitative estimate of drug-likeness (QED) is 0.451. The molecule has 1 aromatic rings. The number of nitrogens with zero attached hydrogens (tertiary/aromatic N) is 4. The van der Waals surface area contributed by atoms with Crippen molar-refractivity contribution in [1.82, 2.24) is 5.12 Å². The highest BCUT2D eigenvalue weighted by atomic mass is 35.5. The molecule has 0 N–H and O–H groups in total. The van der Waals surface area contributed by atoms with Crippen LogP contribution in [-0.2, 0) is 19.1 Å². The first kappa shape index (κ1) is 16.3. The Bertz CT molecular complexity index is 791. The molecule has 1 saturated heterocycles. The van der Waals surface area contributed by atoms with E-state index in [4.69, 9.17) is 23.2 Å². The van der Waals surface area contributed by atoms with Gasteiger partial charge in [0.05, 0.1) is 28.1 Å². The Morgan fingerprint density at radius 2 is 1.88 bits per heavy atom. The maximum Gasteiger partial charge on any atom is 0.355 e. The molecule has 2 aliphatic heterocycles. The van der Waals surface area contributed by atoms with Gasteiger partial charge >= 0.3 is 5.97 Å². The first-order valence-corrected chi connectivity index (χ1v) is 7.29. The number of benzene rings is 1. The molecule has 2 heterocycles. The van der Waals surface area contributed by atoms with Crippen LogP contribution < -0.4 is 4.90 Å². The number of hydrogen-bond acceptors (Lipinski definition) is 7. The van der Waals surface area contributed by atoms with Crippen LogP contribution in [0.1, 0.15) is 0 Å². The smallest absolute Gasteiger partial charge is 0.355 e. The van der Waals surface area contributed by atoms with E-state index in [9.17, 15) is 19.3 Å². The average Bonchev–Trinajstić information content (AvgIpc) is 3.06. The number of hydrazone groups is 1. The topological polar surface area (TPSA) is 109 Å². The molecule has 1 aromatic carbocycles. The molecule has 24 heavy (non-hydrogen) atoms. The number of anilines is 1. The van der Waals surface area contributed by atoms with Gasteiger partial charge in [-0.3, -0.25) is 9.59 Å². The van der Waals surface area contributed by atoms with Crippen molar-refractivity contribution in [3.63, 3.8) is 0 Å². The van der Waals surface area contributed by atoms with Gasteiger partial charge in [-0.2, -0.15) is 0 Å². The molecule has 0 spiro atoms. The predicted octanol–water partition coefficient (Wildman–Crippen LogP) is 1.38. The summed E-state index contributed by atoms with van der Waals surface area (Å²) in [5, 5.41) is 6.77. The summed E-state index contributed by atoms with van der Waals surface area (Å²) >= 11 is 12.1. The van der Waals surface area contributed by atoms with Crippen LogP contribution in [0.25, 0.3) is 0 Å². The van der Waals surface area contributed by atoms with E-state index >= 15 is 0 Å². The molecular weight excluding hydrogens is 363 g/mol. The van der Waals surface area contributed by atoms with Crippen LogP contribution in [0.5, 0.6) is 0 Å². The number of imide groups is 1. The molecule has 11 heteroatoms. The van der Waals surface area contributed by atoms with Crippen molar-refractivity contribution in [2.24, 2.45) is 16.3 Å². The summed E-state index contributed by atoms with van der Waals surface area (Å²) in [6, 6.07) is 3.06. The summed E-state index contributed by atoms with van der Waals surface area (Å²) in [6.07, 6.45) is 0. The summed E-state index contributed by atoms with van der Waals surface area (Å²) in [5.74, 6) is -3.88. The fraction of sp³-hybridized carbons (Fsp3) is 0.231. The summed E-state index contributed by atoms with van der Waals surface area (Å²) in [5.41, 5.74) is -0.411. The van der Waals surface area contributed by atoms with E-state index in [0.717, 1.165) is 12.0 Å². The van der Waals surface area contributed by atoms with Crippen LogP contribution in [0, 0.1) is 10.8 Å². The third-order valence-electron chi connectivity index (χ3n) is 3.67. The van der Waals surface area contributed by atoms with Crippen LogP contribution in [0.4, 0.5) is 5.69 Å². The minimum absolute atomic E-state index is 0.0275. The van der Waals surface area contributed by atoms with Gasteiger partial charge in [-0.15, -0.1) is 15.1 Å². The zero-order valence-electron chi connectivity index (χ0n) is 12.0. The minimum Gasteiger partial charge on any atom is -0.464 e. The normalized spacial score (nSPS) is 22.5. The number of esters is 1. The number of hydrogen-bond donors (Lipinski definition) is 0. The number of amides is 2. The summed E-state index contributed by atoms with van der Waals surface area (Å²) in [6.45, 7) is 0. The molecule has 3 rings (SSSR count). The Morgan fingerprint density at radius 3 is 2.42 bits per heavy atom. The predicted molar refractivity (Wildman–Crippen MR) is 83.3 cm³/mol. The van der Waals surface area contributed by atoms with E-state index in [0.29, 0.717) is 5.12 Å². The number of para-hydroxylation sites is 1. The molecule has 0 saturated carbocycles. The Morgan fingerprint density at radius 1 is 1.25 bits per heavy atom. The molecule has 9 nitrogen and oxygen atoms in total. The fourth-order valence-electron chi connectivity index (χ4n) is 2.66. The molecule has 2 unspecified atom stereocenters. The Balaban J connectivity index is 2.11. The lowest BCUT2D eigenvalue weighted by atomic mass is 9.98. The van der Waals surface area contributed by atoms with Crippen molar-refractivity contribution < 1.29 is 19.1 Å². The Hall–Kier alpha value is -2.52. The van der Waals surface area contributed by atoms with Gasteiger partial charge in [0.15, 0.2) is 11.8 Å². The second-order valence-corrected chi connectivity index (χ2v) is 5.70. The van der Waals surface area contributed by atoms with Crippen molar-refractivity contribution >= 4 is 52.4 Å². The summed E-state index contributed by atoms with van der Waals surface area (Å²) < 4.78 is 4.53. The number of halogens is 2. The SMILES string of the molecule is COC(=O)C1=NN(N=O)C2C(=O)N(c3c(Cl)cccc3Cl)C(=O)C12. The second kappa shape index (κ2) is 5.84. The van der Waals surface area contributed by atoms with Gasteiger partial charge in [0, 0.05) is 0 Å². The Kier molecular flexibility index (Phi) is 3.98. The highest BCUT2D eigenvalue weighted by molar-refractivity contribution is 6.48. The molecule has 0 aromatic heterocycles. The lowest BCUT2D eigenvalue weighted by molar-refractivity contribution is -0.133. The van der Waals surface area contributed by atoms with Gasteiger partial charge in [0.25, 0.3) is 5.91 Å². The average molecular weight is 371 g/mol. The first-order valence-electron chi connectivity index (χ1n) is 6.53. The molecule has 0 bridgehead atoms. The van der Waals surface area contributed by atoms with Crippen LogP contribution in [-0.4, -0.2) is 41.8 Å². The lowest BCUT2D eigenvalue weighted by Gasteiger charge is -2.19. The first-order chi connectivity index (χ1) is 11.4. The number of nitroso groups, excluding NO2 is 1. The van der Waals surface area contributed by atoms with Crippen LogP contribution >= 0.6 is 23.2 Å². The fourth-order valence-corrected chi connectivity index (χ4v) is 3.22. The summed E-state index contributed by atoms with van der Waals surface area (Å²) in [7, 11) is 1.08. The number of fused-ring (bicyclic) bond motifs is 1. The van der Waals surface area contributed by atoms with Gasteiger partial charge in [-0.25, -0.2) is 9.69 Å². The lowest BCUT2D eigenvalue weighted by Crippen LogP contribution is -2.37. The molecule has 1 fully saturated rings. The molecular formula is C13H8Cl2N4O5. The van der Waals surface area contributed by atoms with E-state index in [1.165, 1.54) is 12.1 Å². The van der Waals surface area contributed by atoms with E-state index in [2.05, 4.69) is 15.1 Å². The molecule has 2 atom stereocenters. The third kappa shape index (κ3) is 2.16. The highest BCUT2D eigenvalue weighted by Crippen LogP contribution is 2.41. The molecule has 0 radical (unpaired) electrons. The number of carbonyl (C=O) groups is 3. The maximum atomic E-state index is 12.7. The monoisotopic (exact) mass is 370 g/mol. The largest absolute Gasteiger partial charge is 0.464 e. The highest BCUT2D eigenvalue weighted by Gasteiger charge is 2.60. The van der Waals surface area contributed by atoms with Gasteiger partial charge in [0.2, 0.25) is 5.91 Å². The summed E-state index contributed by atoms with van der Waals surface area (Å²) in [4.78, 5) is 48.8. The third-order valence-corrected chi connectivity index (χ3v) is 4.28. The number of rotatable bonds is 3. The number of carbonyl (C=O) groups excluding carboxylic acids is 3. The van der Waals surface area contributed by atoms with Gasteiger partial charge in [-0.05, 0) is 12.1 Å². The molecule has 2 aliphatic rings.